The van der Waals surface area contributed by atoms with Gasteiger partial charge in [0.05, 0.1) is 12.6 Å². The summed E-state index contributed by atoms with van der Waals surface area (Å²) in [5, 5.41) is 4.35. The van der Waals surface area contributed by atoms with E-state index in [9.17, 15) is 9.59 Å². The first-order valence-corrected chi connectivity index (χ1v) is 6.42. The Labute approximate surface area is 104 Å². The number of hydrogen-bond acceptors (Lipinski definition) is 3. The topological polar surface area (TPSA) is 75.4 Å². The fourth-order valence-corrected chi connectivity index (χ4v) is 2.98. The standard InChI is InChI=1S/C11H15N3O2S/c12-11(16)13-7-10(15)14-5-1-3-8(14)9-4-2-6-17-9/h2,4,6,8H,1,3,5,7H2,(H3,12,13,16)/t8-/m0/s1. The molecule has 1 aromatic rings. The number of hydrogen-bond donors (Lipinski definition) is 2. The summed E-state index contributed by atoms with van der Waals surface area (Å²) in [6.45, 7) is 0.735. The smallest absolute Gasteiger partial charge is 0.312 e. The molecule has 0 radical (unpaired) electrons. The van der Waals surface area contributed by atoms with Crippen molar-refractivity contribution in [1.82, 2.24) is 10.2 Å². The highest BCUT2D eigenvalue weighted by Crippen LogP contribution is 2.34. The van der Waals surface area contributed by atoms with Gasteiger partial charge in [-0.25, -0.2) is 4.79 Å². The van der Waals surface area contributed by atoms with Gasteiger partial charge >= 0.3 is 6.03 Å². The molecular weight excluding hydrogens is 238 g/mol. The molecule has 6 heteroatoms. The minimum atomic E-state index is -0.662. The minimum Gasteiger partial charge on any atom is -0.352 e. The van der Waals surface area contributed by atoms with Crippen LogP contribution in [-0.2, 0) is 4.79 Å². The predicted molar refractivity (Wildman–Crippen MR) is 65.6 cm³/mol. The van der Waals surface area contributed by atoms with E-state index in [-0.39, 0.29) is 18.5 Å². The number of thiophene rings is 1. The summed E-state index contributed by atoms with van der Waals surface area (Å²) in [6, 6.07) is 3.54. The maximum atomic E-state index is 11.9. The zero-order valence-corrected chi connectivity index (χ0v) is 10.2. The van der Waals surface area contributed by atoms with Crippen LogP contribution in [0.3, 0.4) is 0 Å². The number of likely N-dealkylation sites (tertiary alicyclic amines) is 1. The molecule has 0 aromatic carbocycles. The molecule has 0 saturated carbocycles. The first-order valence-electron chi connectivity index (χ1n) is 5.54. The SMILES string of the molecule is NC(=O)NCC(=O)N1CCC[C@H]1c1cccs1. The Hall–Kier alpha value is -1.56. The Balaban J connectivity index is 1.99. The highest BCUT2D eigenvalue weighted by atomic mass is 32.1. The van der Waals surface area contributed by atoms with E-state index in [1.165, 1.54) is 4.88 Å². The summed E-state index contributed by atoms with van der Waals surface area (Å²) in [5.74, 6) is -0.0697. The van der Waals surface area contributed by atoms with Gasteiger partial charge in [-0.2, -0.15) is 0 Å². The molecule has 0 unspecified atom stereocenters. The van der Waals surface area contributed by atoms with E-state index in [1.54, 1.807) is 11.3 Å². The van der Waals surface area contributed by atoms with Crippen LogP contribution in [0.15, 0.2) is 17.5 Å². The summed E-state index contributed by atoms with van der Waals surface area (Å²) >= 11 is 1.66. The zero-order chi connectivity index (χ0) is 12.3. The monoisotopic (exact) mass is 253 g/mol. The van der Waals surface area contributed by atoms with Crippen LogP contribution >= 0.6 is 11.3 Å². The molecule has 92 valence electrons. The van der Waals surface area contributed by atoms with Gasteiger partial charge in [-0.1, -0.05) is 6.07 Å². The maximum absolute atomic E-state index is 11.9. The average molecular weight is 253 g/mol. The molecule has 1 aliphatic heterocycles. The van der Waals surface area contributed by atoms with Gasteiger partial charge < -0.3 is 16.0 Å². The number of carbonyl (C=O) groups excluding carboxylic acids is 2. The first-order chi connectivity index (χ1) is 8.18. The van der Waals surface area contributed by atoms with Crippen molar-refractivity contribution >= 4 is 23.3 Å². The lowest BCUT2D eigenvalue weighted by atomic mass is 10.2. The van der Waals surface area contributed by atoms with Crippen molar-refractivity contribution in [3.05, 3.63) is 22.4 Å². The van der Waals surface area contributed by atoms with E-state index < -0.39 is 6.03 Å². The van der Waals surface area contributed by atoms with Crippen LogP contribution in [0, 0.1) is 0 Å². The number of rotatable bonds is 3. The second-order valence-corrected chi connectivity index (χ2v) is 4.96. The van der Waals surface area contributed by atoms with E-state index in [2.05, 4.69) is 5.32 Å². The van der Waals surface area contributed by atoms with Crippen LogP contribution in [0.1, 0.15) is 23.8 Å². The van der Waals surface area contributed by atoms with Gasteiger partial charge in [0.15, 0.2) is 0 Å². The van der Waals surface area contributed by atoms with Crippen molar-refractivity contribution in [2.45, 2.75) is 18.9 Å². The summed E-state index contributed by atoms with van der Waals surface area (Å²) < 4.78 is 0. The van der Waals surface area contributed by atoms with Crippen molar-refractivity contribution in [3.63, 3.8) is 0 Å². The highest BCUT2D eigenvalue weighted by Gasteiger charge is 2.30. The number of amides is 3. The fourth-order valence-electron chi connectivity index (χ4n) is 2.11. The predicted octanol–water partition coefficient (Wildman–Crippen LogP) is 1.08. The lowest BCUT2D eigenvalue weighted by Gasteiger charge is -2.23. The molecule has 0 spiro atoms. The van der Waals surface area contributed by atoms with Gasteiger partial charge in [0.25, 0.3) is 0 Å². The molecule has 17 heavy (non-hydrogen) atoms. The largest absolute Gasteiger partial charge is 0.352 e. The van der Waals surface area contributed by atoms with Gasteiger partial charge in [-0.3, -0.25) is 4.79 Å². The number of primary amides is 1. The average Bonchev–Trinajstić information content (AvgIpc) is 2.94. The third kappa shape index (κ3) is 2.76. The number of carbonyl (C=O) groups is 2. The third-order valence-electron chi connectivity index (χ3n) is 2.86. The Morgan fingerprint density at radius 1 is 1.59 bits per heavy atom. The van der Waals surface area contributed by atoms with Crippen LogP contribution in [0.2, 0.25) is 0 Å². The lowest BCUT2D eigenvalue weighted by Crippen LogP contribution is -2.41. The second kappa shape index (κ2) is 5.18. The molecule has 2 rings (SSSR count). The highest BCUT2D eigenvalue weighted by molar-refractivity contribution is 7.10. The summed E-state index contributed by atoms with van der Waals surface area (Å²) in [6.07, 6.45) is 1.99. The van der Waals surface area contributed by atoms with E-state index >= 15 is 0 Å². The number of nitrogens with zero attached hydrogens (tertiary/aromatic N) is 1. The van der Waals surface area contributed by atoms with Crippen LogP contribution in [0.25, 0.3) is 0 Å². The van der Waals surface area contributed by atoms with Crippen LogP contribution in [0.5, 0.6) is 0 Å². The van der Waals surface area contributed by atoms with Gasteiger partial charge in [0.2, 0.25) is 5.91 Å². The van der Waals surface area contributed by atoms with Crippen molar-refractivity contribution in [1.29, 1.82) is 0 Å². The van der Waals surface area contributed by atoms with Crippen molar-refractivity contribution in [3.8, 4) is 0 Å². The molecular formula is C11H15N3O2S. The molecule has 5 nitrogen and oxygen atoms in total. The molecule has 1 fully saturated rings. The molecule has 3 N–H and O–H groups in total. The Bertz CT molecular complexity index is 405. The number of nitrogens with two attached hydrogens (primary N) is 1. The Kier molecular flexibility index (Phi) is 3.63. The van der Waals surface area contributed by atoms with Crippen LogP contribution in [0.4, 0.5) is 4.79 Å². The maximum Gasteiger partial charge on any atom is 0.312 e. The van der Waals surface area contributed by atoms with Crippen molar-refractivity contribution in [2.24, 2.45) is 5.73 Å². The van der Waals surface area contributed by atoms with E-state index in [0.717, 1.165) is 19.4 Å². The molecule has 0 bridgehead atoms. The molecule has 3 amide bonds. The third-order valence-corrected chi connectivity index (χ3v) is 3.83. The summed E-state index contributed by atoms with van der Waals surface area (Å²) in [7, 11) is 0. The van der Waals surface area contributed by atoms with E-state index in [0.29, 0.717) is 0 Å². The molecule has 1 aromatic heterocycles. The van der Waals surface area contributed by atoms with Gasteiger partial charge in [-0.15, -0.1) is 11.3 Å². The van der Waals surface area contributed by atoms with Crippen LogP contribution in [-0.4, -0.2) is 29.9 Å². The molecule has 1 atom stereocenters. The van der Waals surface area contributed by atoms with Gasteiger partial charge in [0, 0.05) is 11.4 Å². The Morgan fingerprint density at radius 2 is 2.41 bits per heavy atom. The minimum absolute atomic E-state index is 0.0167. The summed E-state index contributed by atoms with van der Waals surface area (Å²) in [5.41, 5.74) is 4.95. The quantitative estimate of drug-likeness (QED) is 0.845. The van der Waals surface area contributed by atoms with Crippen molar-refractivity contribution in [2.75, 3.05) is 13.1 Å². The fraction of sp³-hybridized carbons (Fsp3) is 0.455. The number of nitrogens with one attached hydrogen (secondary N) is 1. The molecule has 2 heterocycles. The zero-order valence-electron chi connectivity index (χ0n) is 9.39. The number of urea groups is 1. The van der Waals surface area contributed by atoms with Gasteiger partial charge in [0.1, 0.15) is 0 Å². The molecule has 1 aliphatic rings. The van der Waals surface area contributed by atoms with Crippen molar-refractivity contribution < 1.29 is 9.59 Å². The summed E-state index contributed by atoms with van der Waals surface area (Å²) in [4.78, 5) is 25.5. The molecule has 0 aliphatic carbocycles. The van der Waals surface area contributed by atoms with Crippen LogP contribution < -0.4 is 11.1 Å². The van der Waals surface area contributed by atoms with E-state index in [1.807, 2.05) is 22.4 Å². The second-order valence-electron chi connectivity index (χ2n) is 3.98. The first kappa shape index (κ1) is 11.9. The molecule has 1 saturated heterocycles. The van der Waals surface area contributed by atoms with Gasteiger partial charge in [-0.05, 0) is 24.3 Å². The lowest BCUT2D eigenvalue weighted by molar-refractivity contribution is -0.130. The normalized spacial score (nSPS) is 19.3. The van der Waals surface area contributed by atoms with E-state index in [4.69, 9.17) is 5.73 Å². The Morgan fingerprint density at radius 3 is 3.06 bits per heavy atom.